The fourth-order valence-electron chi connectivity index (χ4n) is 18.4. The Balaban J connectivity index is 0.667. The topological polar surface area (TPSA) is 386 Å². The van der Waals surface area contributed by atoms with Crippen molar-refractivity contribution in [1.82, 2.24) is 0 Å². The van der Waals surface area contributed by atoms with Gasteiger partial charge < -0.3 is 136 Å². The number of ether oxygens (including phenoxy) is 18. The Bertz CT molecular complexity index is 2910. The van der Waals surface area contributed by atoms with Gasteiger partial charge in [-0.05, 0) is 85.3 Å². The first-order valence-electron chi connectivity index (χ1n) is 35.4. The van der Waals surface area contributed by atoms with E-state index in [4.69, 9.17) is 85.3 Å². The number of benzene rings is 1. The molecule has 0 amide bonds. The van der Waals surface area contributed by atoms with Crippen molar-refractivity contribution in [3.8, 4) is 0 Å². The molecule has 6 heterocycles. The van der Waals surface area contributed by atoms with Crippen LogP contribution in [0.2, 0.25) is 0 Å². The van der Waals surface area contributed by atoms with Crippen molar-refractivity contribution in [2.24, 2.45) is 16.7 Å². The number of aliphatic hydroxyl groups excluding tert-OH is 6. The largest absolute Gasteiger partial charge is 0.458 e. The molecule has 10 N–H and O–H groups in total. The molecule has 1 aromatic rings. The van der Waals surface area contributed by atoms with E-state index >= 15 is 0 Å². The number of carbonyl (C=O) groups is 1. The highest BCUT2D eigenvalue weighted by Crippen LogP contribution is 2.71. The molecule has 568 valence electrons. The standard InChI is InChI=1S/C71H110O29/c1-34-58(42(83-9)27-50(88-34)93-41-21-22-66(7)47-31-48(95-49(74)20-19-40-17-15-14-16-18-40)67(8)69(80,39(6)73)25-26-71(67,82)70(47,81)24-23-68(66,79)32-41)96-51-28-43(84-10)59(35(2)89-51)97-52-29-44(85-11)61(37(4)90-52)100-65-57(78)63(87-13)62(38(5)92-65)98-53-30-45(86-12)60(36(3)91-53)99-64-56(77)55(76)54(75)46(33-72)94-64/h14-20,23-24,34-39,41-48,50-65,72-73,75-82H,21-22,25-33H2,1-13H3/t34-,35-,36-,37-,38-,39+,41+,42+,43+,44-,45+,46-,47-,48-,50+,51+,52+,53+,54-,55+,56-,57-,58-,59-,60-,61-,62-,63+,64+,65+,66-,67-,68-,69-,70+,71-/m1/s1. The highest BCUT2D eigenvalue weighted by molar-refractivity contribution is 5.87. The summed E-state index contributed by atoms with van der Waals surface area (Å²) < 4.78 is 113. The van der Waals surface area contributed by atoms with Gasteiger partial charge in [0.25, 0.3) is 0 Å². The van der Waals surface area contributed by atoms with Gasteiger partial charge in [0.15, 0.2) is 37.7 Å². The molecule has 6 saturated heterocycles. The minimum absolute atomic E-state index is 0.0461. The Kier molecular flexibility index (Phi) is 24.3. The Morgan fingerprint density at radius 1 is 0.560 bits per heavy atom. The van der Waals surface area contributed by atoms with E-state index in [0.29, 0.717) is 12.8 Å². The average molecular weight is 1430 g/mol. The van der Waals surface area contributed by atoms with Gasteiger partial charge in [0.2, 0.25) is 0 Å². The van der Waals surface area contributed by atoms with Gasteiger partial charge >= 0.3 is 5.97 Å². The summed E-state index contributed by atoms with van der Waals surface area (Å²) in [5.74, 6) is -1.61. The predicted molar refractivity (Wildman–Crippen MR) is 347 cm³/mol. The summed E-state index contributed by atoms with van der Waals surface area (Å²) in [6.07, 6.45) is -19.3. The van der Waals surface area contributed by atoms with Crippen molar-refractivity contribution in [1.29, 1.82) is 0 Å². The van der Waals surface area contributed by atoms with Crippen LogP contribution in [0.5, 0.6) is 0 Å². The number of hydrogen-bond donors (Lipinski definition) is 10. The molecule has 29 nitrogen and oxygen atoms in total. The third-order valence-electron chi connectivity index (χ3n) is 24.4. The number of esters is 1. The molecule has 6 aliphatic heterocycles. The molecule has 100 heavy (non-hydrogen) atoms. The van der Waals surface area contributed by atoms with Gasteiger partial charge in [-0.1, -0.05) is 56.3 Å². The fourth-order valence-corrected chi connectivity index (χ4v) is 18.4. The molecular weight excluding hydrogens is 1320 g/mol. The van der Waals surface area contributed by atoms with E-state index in [9.17, 15) is 55.9 Å². The zero-order chi connectivity index (χ0) is 72.3. The van der Waals surface area contributed by atoms with Crippen molar-refractivity contribution in [2.75, 3.05) is 42.2 Å². The number of methoxy groups -OCH3 is 5. The van der Waals surface area contributed by atoms with Crippen molar-refractivity contribution >= 4 is 12.0 Å². The number of aliphatic hydroxyl groups is 10. The summed E-state index contributed by atoms with van der Waals surface area (Å²) in [7, 11) is 7.63. The van der Waals surface area contributed by atoms with Crippen molar-refractivity contribution < 1.29 is 141 Å². The van der Waals surface area contributed by atoms with Crippen LogP contribution in [-0.4, -0.2) is 300 Å². The normalized spacial score (nSPS) is 50.9. The summed E-state index contributed by atoms with van der Waals surface area (Å²) in [5.41, 5.74) is -9.78. The fraction of sp³-hybridized carbons (Fsp3) is 0.845. The molecule has 0 unspecified atom stereocenters. The molecule has 0 bridgehead atoms. The lowest BCUT2D eigenvalue weighted by atomic mass is 9.41. The lowest BCUT2D eigenvalue weighted by molar-refractivity contribution is -0.372. The van der Waals surface area contributed by atoms with Crippen LogP contribution < -0.4 is 0 Å². The van der Waals surface area contributed by atoms with Gasteiger partial charge in [0.05, 0.1) is 84.8 Å². The van der Waals surface area contributed by atoms with Gasteiger partial charge in [-0.3, -0.25) is 0 Å². The van der Waals surface area contributed by atoms with E-state index in [0.717, 1.165) is 5.56 Å². The van der Waals surface area contributed by atoms with E-state index < -0.39 is 230 Å². The SMILES string of the molecule is CO[C@H]1[C@@H](O)[C@H](O[C@@H]2[C@@H](C)O[C@@H](O[C@H]3[C@@H](OC)C[C@H](O[C@H]4[C@@H](OC)C[C@H](O[C@H]5CC[C@]6(C)[C@H]7C[C@@H](OC(=O)C=Cc8ccccc8)[C@@]8(C)[C@](O)(CC[C@@]8(O)[C@H](C)O)[C@]7(O)C=C[C@@]6(O)C5)O[C@@H]4C)O[C@@H]3C)C[C@H]2OC)O[C@H](C)[C@H]1O[C@H]1C[C@H](OC)[C@H](O[C@@H]2O[C@H](CO)[C@@H](O)[C@H](O)[C@H]2O)[C@@H](C)O1. The van der Waals surface area contributed by atoms with Crippen LogP contribution in [0.1, 0.15) is 125 Å². The Morgan fingerprint density at radius 2 is 1.04 bits per heavy atom. The van der Waals surface area contributed by atoms with E-state index in [1.165, 1.54) is 33.3 Å². The van der Waals surface area contributed by atoms with Crippen LogP contribution in [0.3, 0.4) is 0 Å². The highest BCUT2D eigenvalue weighted by Gasteiger charge is 2.82. The predicted octanol–water partition coefficient (Wildman–Crippen LogP) is 1.33. The maximum absolute atomic E-state index is 13.7. The molecule has 11 rings (SSSR count). The number of rotatable bonds is 22. The Morgan fingerprint density at radius 3 is 1.53 bits per heavy atom. The zero-order valence-corrected chi connectivity index (χ0v) is 59.5. The summed E-state index contributed by atoms with van der Waals surface area (Å²) >= 11 is 0. The smallest absolute Gasteiger partial charge is 0.331 e. The highest BCUT2D eigenvalue weighted by atomic mass is 16.8. The van der Waals surface area contributed by atoms with Crippen LogP contribution in [0.4, 0.5) is 0 Å². The van der Waals surface area contributed by atoms with Crippen LogP contribution in [0, 0.1) is 16.7 Å². The Labute approximate surface area is 584 Å². The van der Waals surface area contributed by atoms with Gasteiger partial charge in [0, 0.05) is 85.1 Å². The second-order valence-electron chi connectivity index (χ2n) is 29.8. The molecule has 0 radical (unpaired) electrons. The van der Waals surface area contributed by atoms with E-state index in [2.05, 4.69) is 0 Å². The maximum atomic E-state index is 13.7. The zero-order valence-electron chi connectivity index (χ0n) is 59.5. The van der Waals surface area contributed by atoms with E-state index in [-0.39, 0.29) is 51.4 Å². The van der Waals surface area contributed by atoms with Gasteiger partial charge in [-0.25, -0.2) is 4.79 Å². The third kappa shape index (κ3) is 14.2. The van der Waals surface area contributed by atoms with Crippen LogP contribution in [-0.2, 0) is 90.1 Å². The quantitative estimate of drug-likeness (QED) is 0.0445. The first-order chi connectivity index (χ1) is 47.4. The molecule has 1 aromatic carbocycles. The first-order valence-corrected chi connectivity index (χ1v) is 35.4. The second-order valence-corrected chi connectivity index (χ2v) is 29.8. The molecule has 4 aliphatic carbocycles. The third-order valence-corrected chi connectivity index (χ3v) is 24.4. The summed E-state index contributed by atoms with van der Waals surface area (Å²) in [5, 5.41) is 115. The summed E-state index contributed by atoms with van der Waals surface area (Å²) in [6.45, 7) is 13.2. The number of fused-ring (bicyclic) bond motifs is 5. The molecule has 36 atom stereocenters. The van der Waals surface area contributed by atoms with E-state index in [1.54, 1.807) is 54.3 Å². The average Bonchev–Trinajstić information content (AvgIpc) is 1.35. The minimum atomic E-state index is -2.11. The molecule has 0 spiro atoms. The monoisotopic (exact) mass is 1430 g/mol. The Hall–Kier alpha value is -2.91. The first kappa shape index (κ1) is 78.2. The summed E-state index contributed by atoms with van der Waals surface area (Å²) in [4.78, 5) is 13.7. The molecule has 9 fully saturated rings. The van der Waals surface area contributed by atoms with Crippen LogP contribution >= 0.6 is 0 Å². The van der Waals surface area contributed by atoms with Gasteiger partial charge in [-0.15, -0.1) is 0 Å². The van der Waals surface area contributed by atoms with Crippen molar-refractivity contribution in [2.45, 2.75) is 320 Å². The van der Waals surface area contributed by atoms with Gasteiger partial charge in [-0.2, -0.15) is 0 Å². The minimum Gasteiger partial charge on any atom is -0.458 e. The second kappa shape index (κ2) is 31.1. The molecule has 0 aromatic heterocycles. The maximum Gasteiger partial charge on any atom is 0.331 e. The molecular formula is C71H110O29. The van der Waals surface area contributed by atoms with Crippen LogP contribution in [0.15, 0.2) is 48.6 Å². The number of carbonyl (C=O) groups excluding carboxylic acids is 1. The number of hydrogen-bond acceptors (Lipinski definition) is 29. The van der Waals surface area contributed by atoms with Crippen LogP contribution in [0.25, 0.3) is 6.08 Å². The lowest BCUT2D eigenvalue weighted by Gasteiger charge is -2.68. The summed E-state index contributed by atoms with van der Waals surface area (Å²) in [6, 6.07) is 9.18. The lowest BCUT2D eigenvalue weighted by Crippen LogP contribution is -2.80. The van der Waals surface area contributed by atoms with Crippen molar-refractivity contribution in [3.63, 3.8) is 0 Å². The molecule has 10 aliphatic rings. The van der Waals surface area contributed by atoms with Gasteiger partial charge in [0.1, 0.15) is 90.1 Å². The molecule has 3 saturated carbocycles. The molecule has 29 heteroatoms. The van der Waals surface area contributed by atoms with Crippen molar-refractivity contribution in [3.05, 3.63) is 54.1 Å². The van der Waals surface area contributed by atoms with E-state index in [1.807, 2.05) is 58.0 Å².